The number of nitrogens with one attached hydrogen (secondary N) is 1. The number of fused-ring (bicyclic) bond motifs is 3. The van der Waals surface area contributed by atoms with E-state index >= 15 is 0 Å². The Kier molecular flexibility index (Phi) is 7.80. The van der Waals surface area contributed by atoms with Crippen LogP contribution in [0.4, 0.5) is 17.3 Å². The molecule has 2 saturated heterocycles. The van der Waals surface area contributed by atoms with E-state index in [9.17, 15) is 14.7 Å². The number of piperazine rings is 1. The minimum atomic E-state index is -0.382. The molecule has 7 heterocycles. The number of aryl methyl sites for hydroxylation is 3. The maximum Gasteiger partial charge on any atom is 0.290 e. The Morgan fingerprint density at radius 2 is 1.85 bits per heavy atom. The first kappa shape index (κ1) is 29.9. The zero-order chi connectivity index (χ0) is 32.1. The molecule has 0 saturated carbocycles. The lowest BCUT2D eigenvalue weighted by atomic mass is 9.97. The Bertz CT molecular complexity index is 2080. The van der Waals surface area contributed by atoms with Crippen molar-refractivity contribution >= 4 is 38.7 Å². The van der Waals surface area contributed by atoms with Gasteiger partial charge in [0.1, 0.15) is 22.0 Å². The van der Waals surface area contributed by atoms with Gasteiger partial charge in [0.15, 0.2) is 5.82 Å². The molecule has 14 heteroatoms. The van der Waals surface area contributed by atoms with Crippen molar-refractivity contribution in [2.24, 2.45) is 7.05 Å². The van der Waals surface area contributed by atoms with Crippen LogP contribution in [0.2, 0.25) is 0 Å². The number of aromatic nitrogens is 6. The molecule has 2 fully saturated rings. The van der Waals surface area contributed by atoms with Crippen LogP contribution in [0.25, 0.3) is 27.0 Å². The van der Waals surface area contributed by atoms with Gasteiger partial charge in [-0.1, -0.05) is 0 Å². The van der Waals surface area contributed by atoms with Gasteiger partial charge in [-0.2, -0.15) is 9.78 Å². The van der Waals surface area contributed by atoms with Gasteiger partial charge >= 0.3 is 0 Å². The largest absolute Gasteiger partial charge is 0.392 e. The summed E-state index contributed by atoms with van der Waals surface area (Å²) in [6, 6.07) is 4.01. The van der Waals surface area contributed by atoms with Gasteiger partial charge in [-0.3, -0.25) is 14.5 Å². The van der Waals surface area contributed by atoms with E-state index in [1.807, 2.05) is 0 Å². The average Bonchev–Trinajstić information content (AvgIpc) is 3.46. The van der Waals surface area contributed by atoms with E-state index in [1.54, 1.807) is 50.2 Å². The highest BCUT2D eigenvalue weighted by atomic mass is 32.1. The first-order chi connectivity index (χ1) is 23.0. The number of rotatable bonds is 7. The second kappa shape index (κ2) is 12.3. The number of thiophene rings is 1. The van der Waals surface area contributed by atoms with Crippen molar-refractivity contribution in [1.29, 1.82) is 0 Å². The summed E-state index contributed by atoms with van der Waals surface area (Å²) in [5.41, 5.74) is 2.75. The molecule has 8 rings (SSSR count). The number of anilines is 3. The molecule has 2 N–H and O–H groups in total. The van der Waals surface area contributed by atoms with Crippen molar-refractivity contribution in [3.8, 4) is 16.9 Å². The van der Waals surface area contributed by atoms with E-state index < -0.39 is 0 Å². The van der Waals surface area contributed by atoms with Gasteiger partial charge in [0.2, 0.25) is 0 Å². The molecule has 0 bridgehead atoms. The van der Waals surface area contributed by atoms with E-state index in [4.69, 9.17) is 4.74 Å². The van der Waals surface area contributed by atoms with Gasteiger partial charge in [0, 0.05) is 67.0 Å². The summed E-state index contributed by atoms with van der Waals surface area (Å²) in [5, 5.41) is 19.1. The summed E-state index contributed by atoms with van der Waals surface area (Å²) in [6.45, 7) is 4.90. The fourth-order valence-electron chi connectivity index (χ4n) is 6.78. The topological polar surface area (TPSA) is 144 Å². The third-order valence-electron chi connectivity index (χ3n) is 9.46. The van der Waals surface area contributed by atoms with Crippen molar-refractivity contribution in [2.45, 2.75) is 38.3 Å². The second-order valence-electron chi connectivity index (χ2n) is 12.3. The molecule has 5 aromatic rings. The number of aliphatic hydroxyl groups is 1. The Morgan fingerprint density at radius 1 is 1.02 bits per heavy atom. The molecule has 0 spiro atoms. The van der Waals surface area contributed by atoms with Crippen LogP contribution in [-0.2, 0) is 31.2 Å². The molecule has 0 atom stereocenters. The molecule has 0 amide bonds. The summed E-state index contributed by atoms with van der Waals surface area (Å²) in [5.74, 6) is 1.49. The van der Waals surface area contributed by atoms with Crippen molar-refractivity contribution in [3.63, 3.8) is 0 Å². The standard InChI is InChI=1S/C33H35N9O4S/c1-39-16-20(12-26(32(39)44)38-28-14-36-29(15-35-28)41-10-8-40(9-11-41)21-18-46-19-21)22-6-7-34-31(25(22)17-43)42-33(45)30-24(13-37-42)23-4-2-3-5-27(23)47-30/h6-7,12-16,21,43H,2-5,8-11,17-19H2,1H3,(H,35,38). The lowest BCUT2D eigenvalue weighted by molar-refractivity contribution is -0.0661. The summed E-state index contributed by atoms with van der Waals surface area (Å²) in [7, 11) is 1.67. The number of hydrogen-bond acceptors (Lipinski definition) is 12. The highest BCUT2D eigenvalue weighted by Crippen LogP contribution is 2.35. The lowest BCUT2D eigenvalue weighted by Gasteiger charge is -2.42. The van der Waals surface area contributed by atoms with Gasteiger partial charge in [0.05, 0.1) is 44.5 Å². The van der Waals surface area contributed by atoms with Crippen LogP contribution in [0.5, 0.6) is 0 Å². The van der Waals surface area contributed by atoms with Crippen molar-refractivity contribution < 1.29 is 9.84 Å². The number of ether oxygens (including phenoxy) is 1. The molecule has 13 nitrogen and oxygen atoms in total. The van der Waals surface area contributed by atoms with Crippen LogP contribution in [0.15, 0.2) is 52.7 Å². The third kappa shape index (κ3) is 5.40. The molecule has 242 valence electrons. The molecule has 0 aromatic carbocycles. The normalized spacial score (nSPS) is 17.1. The van der Waals surface area contributed by atoms with Gasteiger partial charge < -0.3 is 24.6 Å². The average molecular weight is 654 g/mol. The summed E-state index contributed by atoms with van der Waals surface area (Å²) < 4.78 is 8.75. The zero-order valence-electron chi connectivity index (χ0n) is 26.1. The highest BCUT2D eigenvalue weighted by molar-refractivity contribution is 7.19. The number of aliphatic hydroxyl groups excluding tert-OH is 1. The van der Waals surface area contributed by atoms with Crippen LogP contribution in [-0.4, -0.2) is 84.7 Å². The van der Waals surface area contributed by atoms with E-state index in [1.165, 1.54) is 31.0 Å². The first-order valence-corrected chi connectivity index (χ1v) is 16.8. The molecule has 0 unspecified atom stereocenters. The predicted molar refractivity (Wildman–Crippen MR) is 180 cm³/mol. The van der Waals surface area contributed by atoms with Gasteiger partial charge in [-0.15, -0.1) is 11.3 Å². The maximum absolute atomic E-state index is 13.7. The van der Waals surface area contributed by atoms with Crippen molar-refractivity contribution in [1.82, 2.24) is 34.2 Å². The Labute approximate surface area is 274 Å². The quantitative estimate of drug-likeness (QED) is 0.268. The maximum atomic E-state index is 13.7. The molecular weight excluding hydrogens is 618 g/mol. The number of hydrogen-bond donors (Lipinski definition) is 2. The molecule has 47 heavy (non-hydrogen) atoms. The fourth-order valence-corrected chi connectivity index (χ4v) is 8.06. The monoisotopic (exact) mass is 653 g/mol. The van der Waals surface area contributed by atoms with Crippen LogP contribution >= 0.6 is 11.3 Å². The summed E-state index contributed by atoms with van der Waals surface area (Å²) >= 11 is 1.54. The summed E-state index contributed by atoms with van der Waals surface area (Å²) in [6.07, 6.45) is 12.6. The number of nitrogens with zero attached hydrogens (tertiary/aromatic N) is 8. The van der Waals surface area contributed by atoms with Crippen LogP contribution in [0.3, 0.4) is 0 Å². The minimum Gasteiger partial charge on any atom is -0.392 e. The van der Waals surface area contributed by atoms with Gasteiger partial charge in [-0.25, -0.2) is 15.0 Å². The Morgan fingerprint density at radius 3 is 2.60 bits per heavy atom. The molecule has 0 radical (unpaired) electrons. The predicted octanol–water partition coefficient (Wildman–Crippen LogP) is 2.63. The van der Waals surface area contributed by atoms with Crippen LogP contribution < -0.4 is 21.3 Å². The second-order valence-corrected chi connectivity index (χ2v) is 13.4. The SMILES string of the molecule is Cn1cc(-c2ccnc(-n3ncc4c5c(sc4c3=O)CCCC5)c2CO)cc(Nc2cnc(N3CCN(C4COC4)CC3)cn2)c1=O. The van der Waals surface area contributed by atoms with Crippen LogP contribution in [0, 0.1) is 0 Å². The fraction of sp³-hybridized carbons (Fsp3) is 0.394. The smallest absolute Gasteiger partial charge is 0.290 e. The van der Waals surface area contributed by atoms with E-state index in [-0.39, 0.29) is 23.5 Å². The molecule has 3 aliphatic rings. The first-order valence-electron chi connectivity index (χ1n) is 16.0. The minimum absolute atomic E-state index is 0.249. The molecule has 5 aromatic heterocycles. The molecular formula is C33H35N9O4S. The van der Waals surface area contributed by atoms with E-state index in [0.717, 1.165) is 76.3 Å². The van der Waals surface area contributed by atoms with Crippen molar-refractivity contribution in [3.05, 3.63) is 79.8 Å². The van der Waals surface area contributed by atoms with Gasteiger partial charge in [0.25, 0.3) is 11.1 Å². The van der Waals surface area contributed by atoms with E-state index in [2.05, 4.69) is 35.2 Å². The Hall–Kier alpha value is -4.50. The lowest BCUT2D eigenvalue weighted by Crippen LogP contribution is -2.56. The molecule has 1 aliphatic carbocycles. The van der Waals surface area contributed by atoms with Gasteiger partial charge in [-0.05, 0) is 48.9 Å². The van der Waals surface area contributed by atoms with Crippen molar-refractivity contribution in [2.75, 3.05) is 49.6 Å². The zero-order valence-corrected chi connectivity index (χ0v) is 26.9. The van der Waals surface area contributed by atoms with E-state index in [0.29, 0.717) is 38.9 Å². The highest BCUT2D eigenvalue weighted by Gasteiger charge is 2.29. The van der Waals surface area contributed by atoms with Crippen LogP contribution in [0.1, 0.15) is 28.8 Å². The number of pyridine rings is 2. The molecule has 2 aliphatic heterocycles. The summed E-state index contributed by atoms with van der Waals surface area (Å²) in [4.78, 5) is 46.5. The third-order valence-corrected chi connectivity index (χ3v) is 10.8. The Balaban J connectivity index is 1.07.